The first-order valence-electron chi connectivity index (χ1n) is 5.94. The van der Waals surface area contributed by atoms with Crippen molar-refractivity contribution < 1.29 is 19.4 Å². The molecule has 0 bridgehead atoms. The number of anilines is 1. The Morgan fingerprint density at radius 1 is 1.45 bits per heavy atom. The topological polar surface area (TPSA) is 101 Å². The van der Waals surface area contributed by atoms with E-state index in [1.165, 1.54) is 18.5 Å². The second-order valence-corrected chi connectivity index (χ2v) is 4.16. The molecule has 2 amide bonds. The highest BCUT2D eigenvalue weighted by Gasteiger charge is 2.06. The van der Waals surface area contributed by atoms with Gasteiger partial charge in [-0.3, -0.25) is 4.98 Å². The number of carbonyl (C=O) groups excluding carboxylic acids is 1. The van der Waals surface area contributed by atoms with Crippen LogP contribution in [0.3, 0.4) is 0 Å². The van der Waals surface area contributed by atoms with Crippen molar-refractivity contribution in [3.63, 3.8) is 0 Å². The highest BCUT2D eigenvalue weighted by molar-refractivity contribution is 5.92. The molecular formula is C13H17N3O4. The quantitative estimate of drug-likeness (QED) is 0.518. The summed E-state index contributed by atoms with van der Waals surface area (Å²) >= 11 is 0. The first-order valence-corrected chi connectivity index (χ1v) is 5.94. The van der Waals surface area contributed by atoms with E-state index in [-0.39, 0.29) is 5.56 Å². The second kappa shape index (κ2) is 7.90. The first kappa shape index (κ1) is 15.6. The number of hydrogen-bond acceptors (Lipinski definition) is 4. The highest BCUT2D eigenvalue weighted by Crippen LogP contribution is 2.07. The minimum Gasteiger partial charge on any atom is -0.478 e. The van der Waals surface area contributed by atoms with Gasteiger partial charge in [0.25, 0.3) is 0 Å². The van der Waals surface area contributed by atoms with Gasteiger partial charge >= 0.3 is 12.0 Å². The molecule has 7 nitrogen and oxygen atoms in total. The Kier molecular flexibility index (Phi) is 6.18. The summed E-state index contributed by atoms with van der Waals surface area (Å²) in [4.78, 5) is 26.0. The van der Waals surface area contributed by atoms with Crippen molar-refractivity contribution in [3.8, 4) is 0 Å². The Morgan fingerprint density at radius 3 is 2.85 bits per heavy atom. The number of nitrogens with zero attached hydrogens (tertiary/aromatic N) is 1. The molecule has 0 fully saturated rings. The van der Waals surface area contributed by atoms with Crippen LogP contribution in [-0.4, -0.2) is 41.8 Å². The summed E-state index contributed by atoms with van der Waals surface area (Å²) in [6, 6.07) is 0.875. The number of carboxylic acids is 1. The zero-order valence-corrected chi connectivity index (χ0v) is 11.2. The van der Waals surface area contributed by atoms with Crippen molar-refractivity contribution in [2.75, 3.05) is 25.1 Å². The van der Waals surface area contributed by atoms with Crippen molar-refractivity contribution in [2.45, 2.75) is 6.92 Å². The van der Waals surface area contributed by atoms with Gasteiger partial charge in [-0.2, -0.15) is 0 Å². The Hall–Kier alpha value is -2.41. The predicted molar refractivity (Wildman–Crippen MR) is 73.9 cm³/mol. The molecule has 0 atom stereocenters. The van der Waals surface area contributed by atoms with Crippen molar-refractivity contribution in [2.24, 2.45) is 0 Å². The number of rotatable bonds is 7. The fourth-order valence-electron chi connectivity index (χ4n) is 1.28. The van der Waals surface area contributed by atoms with Gasteiger partial charge in [0.05, 0.1) is 30.7 Å². The highest BCUT2D eigenvalue weighted by atomic mass is 16.5. The molecule has 1 aromatic heterocycles. The largest absolute Gasteiger partial charge is 0.478 e. The van der Waals surface area contributed by atoms with Gasteiger partial charge in [0, 0.05) is 12.7 Å². The van der Waals surface area contributed by atoms with E-state index >= 15 is 0 Å². The van der Waals surface area contributed by atoms with Crippen LogP contribution in [0.5, 0.6) is 0 Å². The number of amides is 2. The van der Waals surface area contributed by atoms with Crippen LogP contribution in [0.4, 0.5) is 10.5 Å². The van der Waals surface area contributed by atoms with Gasteiger partial charge in [0.2, 0.25) is 0 Å². The number of ether oxygens (including phenoxy) is 1. The van der Waals surface area contributed by atoms with E-state index in [2.05, 4.69) is 22.2 Å². The fraction of sp³-hybridized carbons (Fsp3) is 0.308. The van der Waals surface area contributed by atoms with Crippen LogP contribution in [0.15, 0.2) is 30.6 Å². The lowest BCUT2D eigenvalue weighted by atomic mass is 10.3. The lowest BCUT2D eigenvalue weighted by Gasteiger charge is -2.08. The summed E-state index contributed by atoms with van der Waals surface area (Å²) in [7, 11) is 0. The monoisotopic (exact) mass is 279 g/mol. The van der Waals surface area contributed by atoms with Gasteiger partial charge in [-0.1, -0.05) is 12.2 Å². The maximum Gasteiger partial charge on any atom is 0.337 e. The Bertz CT molecular complexity index is 502. The van der Waals surface area contributed by atoms with E-state index in [1.807, 2.05) is 6.92 Å². The van der Waals surface area contributed by atoms with Gasteiger partial charge in [-0.05, 0) is 13.0 Å². The molecule has 108 valence electrons. The van der Waals surface area contributed by atoms with E-state index in [9.17, 15) is 9.59 Å². The number of aromatic nitrogens is 1. The van der Waals surface area contributed by atoms with Gasteiger partial charge < -0.3 is 20.5 Å². The molecule has 1 heterocycles. The molecule has 0 aliphatic rings. The van der Waals surface area contributed by atoms with Crippen molar-refractivity contribution >= 4 is 17.7 Å². The van der Waals surface area contributed by atoms with Crippen LogP contribution < -0.4 is 10.6 Å². The summed E-state index contributed by atoms with van der Waals surface area (Å²) in [6.07, 6.45) is 2.57. The van der Waals surface area contributed by atoms with E-state index < -0.39 is 12.0 Å². The Morgan fingerprint density at radius 2 is 2.20 bits per heavy atom. The third-order valence-corrected chi connectivity index (χ3v) is 2.12. The predicted octanol–water partition coefficient (Wildman–Crippen LogP) is 1.49. The molecular weight excluding hydrogens is 262 g/mol. The summed E-state index contributed by atoms with van der Waals surface area (Å²) in [5.41, 5.74) is 1.23. The second-order valence-electron chi connectivity index (χ2n) is 4.16. The third-order valence-electron chi connectivity index (χ3n) is 2.12. The van der Waals surface area contributed by atoms with Crippen molar-refractivity contribution in [3.05, 3.63) is 36.2 Å². The van der Waals surface area contributed by atoms with E-state index in [1.54, 1.807) is 0 Å². The molecule has 7 heteroatoms. The third kappa shape index (κ3) is 5.96. The number of carbonyl (C=O) groups is 2. The molecule has 0 radical (unpaired) electrons. The smallest absolute Gasteiger partial charge is 0.337 e. The number of carboxylic acid groups (broad SMARTS) is 1. The number of nitrogens with one attached hydrogen (secondary N) is 2. The minimum atomic E-state index is -1.10. The normalized spacial score (nSPS) is 9.85. The van der Waals surface area contributed by atoms with E-state index in [4.69, 9.17) is 9.84 Å². The molecule has 0 aromatic carbocycles. The van der Waals surface area contributed by atoms with E-state index in [0.717, 1.165) is 5.57 Å². The van der Waals surface area contributed by atoms with Crippen LogP contribution in [0.25, 0.3) is 0 Å². The number of pyridine rings is 1. The molecule has 0 aliphatic heterocycles. The van der Waals surface area contributed by atoms with Gasteiger partial charge in [0.1, 0.15) is 0 Å². The SMILES string of the molecule is C=C(C)COCCNC(=O)Nc1cncc(C(=O)O)c1. The maximum atomic E-state index is 11.5. The summed E-state index contributed by atoms with van der Waals surface area (Å²) in [5.74, 6) is -1.10. The molecule has 20 heavy (non-hydrogen) atoms. The first-order chi connectivity index (χ1) is 9.49. The average Bonchev–Trinajstić information content (AvgIpc) is 2.38. The molecule has 0 saturated carbocycles. The van der Waals surface area contributed by atoms with Gasteiger partial charge in [-0.25, -0.2) is 9.59 Å². The van der Waals surface area contributed by atoms with Crippen LogP contribution in [0, 0.1) is 0 Å². The lowest BCUT2D eigenvalue weighted by Crippen LogP contribution is -2.31. The Balaban J connectivity index is 2.33. The molecule has 0 aliphatic carbocycles. The molecule has 0 unspecified atom stereocenters. The summed E-state index contributed by atoms with van der Waals surface area (Å²) in [5, 5.41) is 13.9. The molecule has 1 aromatic rings. The van der Waals surface area contributed by atoms with E-state index in [0.29, 0.717) is 25.4 Å². The van der Waals surface area contributed by atoms with Crippen molar-refractivity contribution in [1.29, 1.82) is 0 Å². The molecule has 0 spiro atoms. The van der Waals surface area contributed by atoms with Gasteiger partial charge in [0.15, 0.2) is 0 Å². The van der Waals surface area contributed by atoms with Gasteiger partial charge in [-0.15, -0.1) is 0 Å². The van der Waals surface area contributed by atoms with Crippen molar-refractivity contribution in [1.82, 2.24) is 10.3 Å². The molecule has 3 N–H and O–H groups in total. The number of hydrogen-bond donors (Lipinski definition) is 3. The minimum absolute atomic E-state index is 0.00703. The summed E-state index contributed by atoms with van der Waals surface area (Å²) in [6.45, 7) is 6.70. The van der Waals surface area contributed by atoms with Crippen LogP contribution in [0.1, 0.15) is 17.3 Å². The maximum absolute atomic E-state index is 11.5. The summed E-state index contributed by atoms with van der Waals surface area (Å²) < 4.78 is 5.21. The van der Waals surface area contributed by atoms with Crippen LogP contribution >= 0.6 is 0 Å². The Labute approximate surface area is 116 Å². The number of aromatic carboxylic acids is 1. The fourth-order valence-corrected chi connectivity index (χ4v) is 1.28. The lowest BCUT2D eigenvalue weighted by molar-refractivity contribution is 0.0696. The molecule has 1 rings (SSSR count). The van der Waals surface area contributed by atoms with Crippen LogP contribution in [-0.2, 0) is 4.74 Å². The number of urea groups is 1. The van der Waals surface area contributed by atoms with Crippen LogP contribution in [0.2, 0.25) is 0 Å². The standard InChI is InChI=1S/C13H17N3O4/c1-9(2)8-20-4-3-15-13(19)16-11-5-10(12(17)18)6-14-7-11/h5-7H,1,3-4,8H2,2H3,(H,17,18)(H2,15,16,19). The molecule has 0 saturated heterocycles. The zero-order valence-electron chi connectivity index (χ0n) is 11.2. The zero-order chi connectivity index (χ0) is 15.0. The average molecular weight is 279 g/mol.